The molecular formula is C11H9BrN4O2. The molecule has 7 heteroatoms. The molecule has 0 atom stereocenters. The van der Waals surface area contributed by atoms with E-state index in [1.165, 1.54) is 12.3 Å². The van der Waals surface area contributed by atoms with E-state index in [9.17, 15) is 10.1 Å². The maximum atomic E-state index is 10.6. The summed E-state index contributed by atoms with van der Waals surface area (Å²) in [5.41, 5.74) is 6.97. The minimum absolute atomic E-state index is 0.0694. The highest BCUT2D eigenvalue weighted by molar-refractivity contribution is 9.10. The van der Waals surface area contributed by atoms with Crippen LogP contribution in [0.2, 0.25) is 0 Å². The van der Waals surface area contributed by atoms with Crippen molar-refractivity contribution in [3.63, 3.8) is 0 Å². The molecule has 0 saturated heterocycles. The van der Waals surface area contributed by atoms with Crippen LogP contribution in [-0.4, -0.2) is 9.91 Å². The number of rotatable bonds is 3. The SMILES string of the molecule is Nc1cccc(Nc2ncc([N+](=O)[O-])cc2Br)c1. The molecule has 0 bridgehead atoms. The molecule has 1 heterocycles. The lowest BCUT2D eigenvalue weighted by molar-refractivity contribution is -0.385. The molecule has 0 saturated carbocycles. The number of pyridine rings is 1. The molecule has 0 aliphatic heterocycles. The summed E-state index contributed by atoms with van der Waals surface area (Å²) in [6.07, 6.45) is 1.19. The molecule has 0 amide bonds. The number of nitrogens with two attached hydrogens (primary N) is 1. The quantitative estimate of drug-likeness (QED) is 0.516. The zero-order valence-electron chi connectivity index (χ0n) is 9.13. The Morgan fingerprint density at radius 1 is 1.39 bits per heavy atom. The molecule has 0 spiro atoms. The van der Waals surface area contributed by atoms with Gasteiger partial charge in [0.2, 0.25) is 0 Å². The number of nitrogen functional groups attached to an aromatic ring is 1. The molecular weight excluding hydrogens is 300 g/mol. The summed E-state index contributed by atoms with van der Waals surface area (Å²) in [6, 6.07) is 8.53. The molecule has 1 aromatic carbocycles. The first-order valence-corrected chi connectivity index (χ1v) is 5.78. The van der Waals surface area contributed by atoms with Gasteiger partial charge in [0.1, 0.15) is 12.0 Å². The maximum Gasteiger partial charge on any atom is 0.288 e. The largest absolute Gasteiger partial charge is 0.399 e. The smallest absolute Gasteiger partial charge is 0.288 e. The number of nitro groups is 1. The zero-order valence-corrected chi connectivity index (χ0v) is 10.7. The van der Waals surface area contributed by atoms with E-state index in [0.717, 1.165) is 5.69 Å². The Labute approximate surface area is 111 Å². The van der Waals surface area contributed by atoms with Crippen LogP contribution in [0.4, 0.5) is 22.9 Å². The summed E-state index contributed by atoms with van der Waals surface area (Å²) < 4.78 is 0.513. The number of nitrogens with one attached hydrogen (secondary N) is 1. The van der Waals surface area contributed by atoms with Crippen LogP contribution in [-0.2, 0) is 0 Å². The van der Waals surface area contributed by atoms with Gasteiger partial charge in [-0.05, 0) is 34.1 Å². The molecule has 3 N–H and O–H groups in total. The summed E-state index contributed by atoms with van der Waals surface area (Å²) in [4.78, 5) is 14.1. The predicted octanol–water partition coefficient (Wildman–Crippen LogP) is 3.08. The van der Waals surface area contributed by atoms with Crippen molar-refractivity contribution < 1.29 is 4.92 Å². The minimum atomic E-state index is -0.498. The van der Waals surface area contributed by atoms with Crippen molar-refractivity contribution in [3.05, 3.63) is 51.1 Å². The van der Waals surface area contributed by atoms with Crippen LogP contribution >= 0.6 is 15.9 Å². The molecule has 2 rings (SSSR count). The summed E-state index contributed by atoms with van der Waals surface area (Å²) >= 11 is 3.23. The molecule has 0 aliphatic rings. The first-order chi connectivity index (χ1) is 8.56. The third kappa shape index (κ3) is 2.75. The molecule has 6 nitrogen and oxygen atoms in total. The Morgan fingerprint density at radius 2 is 2.17 bits per heavy atom. The van der Waals surface area contributed by atoms with E-state index < -0.39 is 4.92 Å². The van der Waals surface area contributed by atoms with E-state index in [4.69, 9.17) is 5.73 Å². The fourth-order valence-corrected chi connectivity index (χ4v) is 1.81. The number of aromatic nitrogens is 1. The second kappa shape index (κ2) is 5.01. The van der Waals surface area contributed by atoms with Gasteiger partial charge < -0.3 is 11.1 Å². The first-order valence-electron chi connectivity index (χ1n) is 4.99. The summed E-state index contributed by atoms with van der Waals surface area (Å²) in [7, 11) is 0. The van der Waals surface area contributed by atoms with Crippen LogP contribution in [0, 0.1) is 10.1 Å². The number of benzene rings is 1. The Bertz CT molecular complexity index is 603. The number of hydrogen-bond acceptors (Lipinski definition) is 5. The summed E-state index contributed by atoms with van der Waals surface area (Å²) in [5, 5.41) is 13.6. The van der Waals surface area contributed by atoms with Crippen molar-refractivity contribution in [3.8, 4) is 0 Å². The van der Waals surface area contributed by atoms with Gasteiger partial charge in [-0.1, -0.05) is 6.07 Å². The van der Waals surface area contributed by atoms with E-state index >= 15 is 0 Å². The van der Waals surface area contributed by atoms with Crippen molar-refractivity contribution in [1.82, 2.24) is 4.98 Å². The second-order valence-electron chi connectivity index (χ2n) is 3.53. The van der Waals surface area contributed by atoms with Crippen molar-refractivity contribution >= 4 is 38.8 Å². The standard InChI is InChI=1S/C11H9BrN4O2/c12-10-5-9(16(17)18)6-14-11(10)15-8-3-1-2-7(13)4-8/h1-6H,13H2,(H,14,15). The lowest BCUT2D eigenvalue weighted by atomic mass is 10.3. The molecule has 0 aliphatic carbocycles. The maximum absolute atomic E-state index is 10.6. The molecule has 18 heavy (non-hydrogen) atoms. The van der Waals surface area contributed by atoms with Crippen LogP contribution in [0.3, 0.4) is 0 Å². The summed E-state index contributed by atoms with van der Waals surface area (Å²) in [5.74, 6) is 0.492. The highest BCUT2D eigenvalue weighted by atomic mass is 79.9. The van der Waals surface area contributed by atoms with Gasteiger partial charge >= 0.3 is 0 Å². The molecule has 2 aromatic rings. The van der Waals surface area contributed by atoms with Crippen LogP contribution in [0.25, 0.3) is 0 Å². The highest BCUT2D eigenvalue weighted by Gasteiger charge is 2.10. The lowest BCUT2D eigenvalue weighted by Crippen LogP contribution is -1.97. The van der Waals surface area contributed by atoms with Gasteiger partial charge in [-0.25, -0.2) is 4.98 Å². The van der Waals surface area contributed by atoms with E-state index in [1.807, 2.05) is 6.07 Å². The van der Waals surface area contributed by atoms with E-state index in [2.05, 4.69) is 26.2 Å². The van der Waals surface area contributed by atoms with Gasteiger partial charge in [-0.15, -0.1) is 0 Å². The van der Waals surface area contributed by atoms with Gasteiger partial charge in [-0.2, -0.15) is 0 Å². The molecule has 0 radical (unpaired) electrons. The molecule has 1 aromatic heterocycles. The van der Waals surface area contributed by atoms with Crippen LogP contribution in [0.5, 0.6) is 0 Å². The monoisotopic (exact) mass is 308 g/mol. The van der Waals surface area contributed by atoms with E-state index in [-0.39, 0.29) is 5.69 Å². The molecule has 92 valence electrons. The Balaban J connectivity index is 2.27. The van der Waals surface area contributed by atoms with Gasteiger partial charge in [0.15, 0.2) is 0 Å². The Hall–Kier alpha value is -2.15. The van der Waals surface area contributed by atoms with Crippen LogP contribution < -0.4 is 11.1 Å². The van der Waals surface area contributed by atoms with Gasteiger partial charge in [0.05, 0.1) is 9.40 Å². The topological polar surface area (TPSA) is 94.1 Å². The van der Waals surface area contributed by atoms with Crippen LogP contribution in [0.15, 0.2) is 41.0 Å². The third-order valence-corrected chi connectivity index (χ3v) is 2.79. The first kappa shape index (κ1) is 12.3. The normalized spacial score (nSPS) is 10.1. The number of anilines is 3. The third-order valence-electron chi connectivity index (χ3n) is 2.19. The lowest BCUT2D eigenvalue weighted by Gasteiger charge is -2.07. The number of halogens is 1. The van der Waals surface area contributed by atoms with Crippen LogP contribution in [0.1, 0.15) is 0 Å². The highest BCUT2D eigenvalue weighted by Crippen LogP contribution is 2.27. The second-order valence-corrected chi connectivity index (χ2v) is 4.39. The fourth-order valence-electron chi connectivity index (χ4n) is 1.37. The minimum Gasteiger partial charge on any atom is -0.399 e. The predicted molar refractivity (Wildman–Crippen MR) is 72.7 cm³/mol. The summed E-state index contributed by atoms with van der Waals surface area (Å²) in [6.45, 7) is 0. The van der Waals surface area contributed by atoms with Gasteiger partial charge in [-0.3, -0.25) is 10.1 Å². The van der Waals surface area contributed by atoms with E-state index in [0.29, 0.717) is 16.0 Å². The van der Waals surface area contributed by atoms with Crippen molar-refractivity contribution in [2.75, 3.05) is 11.1 Å². The average Bonchev–Trinajstić information content (AvgIpc) is 2.31. The number of hydrogen-bond donors (Lipinski definition) is 2. The number of nitrogens with zero attached hydrogens (tertiary/aromatic N) is 2. The van der Waals surface area contributed by atoms with Crippen molar-refractivity contribution in [2.45, 2.75) is 0 Å². The molecule has 0 unspecified atom stereocenters. The van der Waals surface area contributed by atoms with Crippen molar-refractivity contribution in [2.24, 2.45) is 0 Å². The molecule has 0 fully saturated rings. The fraction of sp³-hybridized carbons (Fsp3) is 0. The Kier molecular flexibility index (Phi) is 3.42. The Morgan fingerprint density at radius 3 is 2.78 bits per heavy atom. The van der Waals surface area contributed by atoms with Gasteiger partial charge in [0.25, 0.3) is 5.69 Å². The average molecular weight is 309 g/mol. The zero-order chi connectivity index (χ0) is 13.1. The van der Waals surface area contributed by atoms with Crippen molar-refractivity contribution in [1.29, 1.82) is 0 Å². The van der Waals surface area contributed by atoms with E-state index in [1.54, 1.807) is 18.2 Å². The van der Waals surface area contributed by atoms with Gasteiger partial charge in [0, 0.05) is 17.4 Å².